The van der Waals surface area contributed by atoms with E-state index in [4.69, 9.17) is 0 Å². The number of hydrogen-bond donors (Lipinski definition) is 1. The van der Waals surface area contributed by atoms with Gasteiger partial charge in [-0.1, -0.05) is 60.7 Å². The topological polar surface area (TPSA) is 37.3 Å². The zero-order chi connectivity index (χ0) is 16.9. The number of aliphatic hydroxyl groups is 1. The van der Waals surface area contributed by atoms with Gasteiger partial charge in [0.2, 0.25) is 0 Å². The van der Waals surface area contributed by atoms with Gasteiger partial charge in [-0.25, -0.2) is 0 Å². The second kappa shape index (κ2) is 7.07. The number of quaternary nitrogens is 1. The van der Waals surface area contributed by atoms with Gasteiger partial charge in [-0.3, -0.25) is 4.79 Å². The van der Waals surface area contributed by atoms with Crippen LogP contribution in [0.25, 0.3) is 0 Å². The van der Waals surface area contributed by atoms with E-state index in [1.165, 1.54) is 0 Å². The fourth-order valence-electron chi connectivity index (χ4n) is 2.74. The van der Waals surface area contributed by atoms with Gasteiger partial charge in [0.15, 0.2) is 11.4 Å². The van der Waals surface area contributed by atoms with Crippen LogP contribution in [0.4, 0.5) is 0 Å². The quantitative estimate of drug-likeness (QED) is 0.798. The van der Waals surface area contributed by atoms with E-state index in [0.29, 0.717) is 17.5 Å². The molecule has 122 valence electrons. The van der Waals surface area contributed by atoms with Gasteiger partial charge in [0.1, 0.15) is 0 Å². The average Bonchev–Trinajstić information content (AvgIpc) is 2.54. The number of benzene rings is 2. The zero-order valence-corrected chi connectivity index (χ0v) is 14.2. The molecule has 0 aromatic heterocycles. The summed E-state index contributed by atoms with van der Waals surface area (Å²) in [7, 11) is 6.31. The molecule has 3 heteroatoms. The third-order valence-electron chi connectivity index (χ3n) is 4.02. The molecule has 0 radical (unpaired) electrons. The van der Waals surface area contributed by atoms with Gasteiger partial charge in [0, 0.05) is 12.8 Å². The largest absolute Gasteiger partial charge is 0.373 e. The van der Waals surface area contributed by atoms with E-state index >= 15 is 0 Å². The van der Waals surface area contributed by atoms with Crippen LogP contribution < -0.4 is 0 Å². The molecule has 2 rings (SSSR count). The minimum Gasteiger partial charge on any atom is -0.373 e. The molecule has 0 aliphatic heterocycles. The molecule has 0 bridgehead atoms. The molecule has 0 spiro atoms. The second-order valence-corrected chi connectivity index (χ2v) is 6.98. The van der Waals surface area contributed by atoms with Crippen molar-refractivity contribution in [2.75, 3.05) is 27.7 Å². The predicted octanol–water partition coefficient (Wildman–Crippen LogP) is 2.98. The monoisotopic (exact) mass is 312 g/mol. The minimum absolute atomic E-state index is 0.150. The molecule has 0 heterocycles. The summed E-state index contributed by atoms with van der Waals surface area (Å²) in [6, 6.07) is 18.4. The molecule has 0 aliphatic carbocycles. The Hall–Kier alpha value is -1.97. The lowest BCUT2D eigenvalue weighted by Crippen LogP contribution is -2.39. The van der Waals surface area contributed by atoms with Gasteiger partial charge in [-0.05, 0) is 11.1 Å². The number of carbonyl (C=O) groups excluding carboxylic acids is 1. The van der Waals surface area contributed by atoms with E-state index in [0.717, 1.165) is 17.4 Å². The Balaban J connectivity index is 2.30. The van der Waals surface area contributed by atoms with E-state index < -0.39 is 5.60 Å². The summed E-state index contributed by atoms with van der Waals surface area (Å²) >= 11 is 0. The first-order valence-electron chi connectivity index (χ1n) is 8.01. The van der Waals surface area contributed by atoms with Crippen LogP contribution >= 0.6 is 0 Å². The molecule has 0 fully saturated rings. The average molecular weight is 312 g/mol. The van der Waals surface area contributed by atoms with Crippen LogP contribution in [0.1, 0.15) is 24.0 Å². The van der Waals surface area contributed by atoms with Gasteiger partial charge in [-0.15, -0.1) is 0 Å². The standard InChI is InChI=1S/C20H26NO2/c1-21(2,3)16-10-15-19(22)20(23,17-11-6-4-7-12-17)18-13-8-5-9-14-18/h4-9,11-14,23H,10,15-16H2,1-3H3/q+1. The highest BCUT2D eigenvalue weighted by Gasteiger charge is 2.38. The fourth-order valence-corrected chi connectivity index (χ4v) is 2.74. The number of rotatable bonds is 7. The van der Waals surface area contributed by atoms with E-state index in [-0.39, 0.29) is 5.78 Å². The Morgan fingerprint density at radius 1 is 0.913 bits per heavy atom. The predicted molar refractivity (Wildman–Crippen MR) is 93.0 cm³/mol. The van der Waals surface area contributed by atoms with Gasteiger partial charge >= 0.3 is 0 Å². The van der Waals surface area contributed by atoms with Crippen molar-refractivity contribution >= 4 is 5.78 Å². The lowest BCUT2D eigenvalue weighted by Gasteiger charge is -2.29. The molecule has 0 amide bonds. The van der Waals surface area contributed by atoms with Crippen LogP contribution in [0.3, 0.4) is 0 Å². The van der Waals surface area contributed by atoms with Crippen molar-refractivity contribution in [3.63, 3.8) is 0 Å². The van der Waals surface area contributed by atoms with Crippen LogP contribution in [-0.4, -0.2) is 43.1 Å². The Labute approximate surface area is 138 Å². The van der Waals surface area contributed by atoms with Crippen molar-refractivity contribution in [1.82, 2.24) is 0 Å². The van der Waals surface area contributed by atoms with Crippen LogP contribution in [0, 0.1) is 0 Å². The summed E-state index contributed by atoms with van der Waals surface area (Å²) in [5.41, 5.74) is -0.323. The van der Waals surface area contributed by atoms with Crippen molar-refractivity contribution < 1.29 is 14.4 Å². The van der Waals surface area contributed by atoms with Crippen LogP contribution in [0.2, 0.25) is 0 Å². The van der Waals surface area contributed by atoms with Crippen LogP contribution in [0.5, 0.6) is 0 Å². The Morgan fingerprint density at radius 3 is 1.74 bits per heavy atom. The highest BCUT2D eigenvalue weighted by molar-refractivity contribution is 5.91. The molecule has 2 aromatic carbocycles. The normalized spacial score (nSPS) is 12.2. The fraction of sp³-hybridized carbons (Fsp3) is 0.350. The Kier molecular flexibility index (Phi) is 5.34. The molecular formula is C20H26NO2+. The SMILES string of the molecule is C[N+](C)(C)CCCC(=O)C(O)(c1ccccc1)c1ccccc1. The van der Waals surface area contributed by atoms with E-state index in [1.54, 1.807) is 0 Å². The number of ketones is 1. The minimum atomic E-state index is -1.58. The summed E-state index contributed by atoms with van der Waals surface area (Å²) in [6.07, 6.45) is 1.11. The zero-order valence-electron chi connectivity index (χ0n) is 14.2. The summed E-state index contributed by atoms with van der Waals surface area (Å²) in [5.74, 6) is -0.150. The number of nitrogens with zero attached hydrogens (tertiary/aromatic N) is 1. The summed E-state index contributed by atoms with van der Waals surface area (Å²) in [6.45, 7) is 0.894. The summed E-state index contributed by atoms with van der Waals surface area (Å²) < 4.78 is 0.808. The molecule has 23 heavy (non-hydrogen) atoms. The highest BCUT2D eigenvalue weighted by atomic mass is 16.3. The van der Waals surface area contributed by atoms with Crippen molar-refractivity contribution in [1.29, 1.82) is 0 Å². The third-order valence-corrected chi connectivity index (χ3v) is 4.02. The molecule has 0 unspecified atom stereocenters. The first-order chi connectivity index (χ1) is 10.8. The molecule has 0 aliphatic rings. The van der Waals surface area contributed by atoms with E-state index in [2.05, 4.69) is 21.1 Å². The van der Waals surface area contributed by atoms with Gasteiger partial charge in [0.05, 0.1) is 27.7 Å². The third kappa shape index (κ3) is 4.27. The van der Waals surface area contributed by atoms with E-state index in [9.17, 15) is 9.90 Å². The number of Topliss-reactive ketones (excluding diaryl/α,β-unsaturated/α-hetero) is 1. The number of carbonyl (C=O) groups is 1. The summed E-state index contributed by atoms with van der Waals surface area (Å²) in [5, 5.41) is 11.3. The van der Waals surface area contributed by atoms with Crippen LogP contribution in [0.15, 0.2) is 60.7 Å². The summed E-state index contributed by atoms with van der Waals surface area (Å²) in [4.78, 5) is 12.9. The van der Waals surface area contributed by atoms with Crippen molar-refractivity contribution in [2.45, 2.75) is 18.4 Å². The van der Waals surface area contributed by atoms with E-state index in [1.807, 2.05) is 60.7 Å². The van der Waals surface area contributed by atoms with Crippen molar-refractivity contribution in [3.05, 3.63) is 71.8 Å². The smallest absolute Gasteiger partial charge is 0.173 e. The van der Waals surface area contributed by atoms with Crippen LogP contribution in [-0.2, 0) is 10.4 Å². The first kappa shape index (κ1) is 17.4. The van der Waals surface area contributed by atoms with Gasteiger partial charge in [0.25, 0.3) is 0 Å². The molecule has 2 aromatic rings. The Bertz CT molecular complexity index is 590. The van der Waals surface area contributed by atoms with Crippen molar-refractivity contribution in [2.24, 2.45) is 0 Å². The molecular weight excluding hydrogens is 286 g/mol. The van der Waals surface area contributed by atoms with Crippen molar-refractivity contribution in [3.8, 4) is 0 Å². The maximum Gasteiger partial charge on any atom is 0.173 e. The molecule has 0 saturated carbocycles. The highest BCUT2D eigenvalue weighted by Crippen LogP contribution is 2.32. The maximum atomic E-state index is 12.9. The Morgan fingerprint density at radius 2 is 1.35 bits per heavy atom. The molecule has 1 N–H and O–H groups in total. The maximum absolute atomic E-state index is 12.9. The molecule has 0 atom stereocenters. The van der Waals surface area contributed by atoms with Gasteiger partial charge in [-0.2, -0.15) is 0 Å². The second-order valence-electron chi connectivity index (χ2n) is 6.98. The first-order valence-corrected chi connectivity index (χ1v) is 8.01. The lowest BCUT2D eigenvalue weighted by molar-refractivity contribution is -0.870. The molecule has 0 saturated heterocycles. The molecule has 3 nitrogen and oxygen atoms in total. The van der Waals surface area contributed by atoms with Gasteiger partial charge < -0.3 is 9.59 Å². The number of hydrogen-bond acceptors (Lipinski definition) is 2. The lowest BCUT2D eigenvalue weighted by atomic mass is 9.81.